The third kappa shape index (κ3) is 2.31. The number of hydrogen-bond acceptors (Lipinski definition) is 1. The van der Waals surface area contributed by atoms with E-state index in [1.54, 1.807) is 0 Å². The predicted octanol–water partition coefficient (Wildman–Crippen LogP) is 5.49. The van der Waals surface area contributed by atoms with Crippen LogP contribution >= 0.6 is 31.9 Å². The van der Waals surface area contributed by atoms with Crippen molar-refractivity contribution in [2.24, 2.45) is 0 Å². The molecule has 90 valence electrons. The highest BCUT2D eigenvalue weighted by molar-refractivity contribution is 9.10. The lowest BCUT2D eigenvalue weighted by Gasteiger charge is -2.04. The van der Waals surface area contributed by atoms with E-state index in [0.717, 1.165) is 31.3 Å². The molecular formula is C14H9Br2NO. The van der Waals surface area contributed by atoms with Crippen molar-refractivity contribution in [2.45, 2.75) is 0 Å². The van der Waals surface area contributed by atoms with E-state index in [2.05, 4.69) is 36.8 Å². The molecule has 1 heterocycles. The van der Waals surface area contributed by atoms with Crippen molar-refractivity contribution in [3.8, 4) is 11.5 Å². The van der Waals surface area contributed by atoms with Gasteiger partial charge in [0.25, 0.3) is 0 Å². The van der Waals surface area contributed by atoms with Gasteiger partial charge < -0.3 is 9.72 Å². The number of aromatic amines is 1. The number of H-pyrrole nitrogens is 1. The fourth-order valence-corrected chi connectivity index (χ4v) is 2.55. The van der Waals surface area contributed by atoms with E-state index in [9.17, 15) is 0 Å². The lowest BCUT2D eigenvalue weighted by atomic mass is 10.2. The molecule has 0 amide bonds. The zero-order valence-corrected chi connectivity index (χ0v) is 12.5. The molecule has 4 heteroatoms. The molecule has 0 bridgehead atoms. The quantitative estimate of drug-likeness (QED) is 0.637. The second-order valence-corrected chi connectivity index (χ2v) is 5.73. The average Bonchev–Trinajstić information content (AvgIpc) is 2.72. The summed E-state index contributed by atoms with van der Waals surface area (Å²) < 4.78 is 7.92. The highest BCUT2D eigenvalue weighted by Crippen LogP contribution is 2.32. The van der Waals surface area contributed by atoms with Crippen LogP contribution in [0.5, 0.6) is 11.5 Å². The summed E-state index contributed by atoms with van der Waals surface area (Å²) in [5, 5.41) is 1.06. The molecule has 2 aromatic carbocycles. The number of halogens is 2. The first-order chi connectivity index (χ1) is 8.72. The van der Waals surface area contributed by atoms with Crippen LogP contribution in [0.15, 0.2) is 57.6 Å². The predicted molar refractivity (Wildman–Crippen MR) is 80.2 cm³/mol. The molecule has 0 atom stereocenters. The van der Waals surface area contributed by atoms with E-state index in [1.807, 2.05) is 48.7 Å². The van der Waals surface area contributed by atoms with Crippen LogP contribution in [0.2, 0.25) is 0 Å². The normalized spacial score (nSPS) is 10.8. The summed E-state index contributed by atoms with van der Waals surface area (Å²) in [4.78, 5) is 3.19. The van der Waals surface area contributed by atoms with Crippen LogP contribution in [-0.4, -0.2) is 4.98 Å². The Balaban J connectivity index is 2.02. The summed E-state index contributed by atoms with van der Waals surface area (Å²) in [6, 6.07) is 13.9. The second-order valence-electron chi connectivity index (χ2n) is 3.90. The topological polar surface area (TPSA) is 25.0 Å². The molecule has 3 rings (SSSR count). The molecular weight excluding hydrogens is 358 g/mol. The van der Waals surface area contributed by atoms with Crippen LogP contribution in [0.4, 0.5) is 0 Å². The first kappa shape index (κ1) is 11.8. The first-order valence-electron chi connectivity index (χ1n) is 5.42. The Morgan fingerprint density at radius 2 is 1.78 bits per heavy atom. The van der Waals surface area contributed by atoms with Crippen LogP contribution in [0.1, 0.15) is 0 Å². The lowest BCUT2D eigenvalue weighted by molar-refractivity contribution is 0.488. The van der Waals surface area contributed by atoms with E-state index in [0.29, 0.717) is 0 Å². The van der Waals surface area contributed by atoms with Gasteiger partial charge in [0.2, 0.25) is 0 Å². The van der Waals surface area contributed by atoms with Gasteiger partial charge in [0.15, 0.2) is 5.75 Å². The van der Waals surface area contributed by atoms with Gasteiger partial charge >= 0.3 is 0 Å². The van der Waals surface area contributed by atoms with Gasteiger partial charge in [0.05, 0.1) is 0 Å². The van der Waals surface area contributed by atoms with Gasteiger partial charge in [-0.15, -0.1) is 0 Å². The maximum absolute atomic E-state index is 5.89. The molecule has 1 aromatic heterocycles. The zero-order valence-electron chi connectivity index (χ0n) is 9.28. The third-order valence-electron chi connectivity index (χ3n) is 2.63. The molecule has 2 nitrogen and oxygen atoms in total. The number of ether oxygens (including phenoxy) is 1. The van der Waals surface area contributed by atoms with Crippen molar-refractivity contribution in [1.82, 2.24) is 4.98 Å². The average molecular weight is 367 g/mol. The van der Waals surface area contributed by atoms with Crippen molar-refractivity contribution in [3.05, 3.63) is 57.6 Å². The van der Waals surface area contributed by atoms with Crippen LogP contribution in [0, 0.1) is 0 Å². The summed E-state index contributed by atoms with van der Waals surface area (Å²) in [5.41, 5.74) is 1.06. The lowest BCUT2D eigenvalue weighted by Crippen LogP contribution is -1.82. The Morgan fingerprint density at radius 1 is 0.944 bits per heavy atom. The van der Waals surface area contributed by atoms with Crippen molar-refractivity contribution in [1.29, 1.82) is 0 Å². The van der Waals surface area contributed by atoms with Gasteiger partial charge in [-0.05, 0) is 36.4 Å². The standard InChI is InChI=1S/C14H9Br2NO/c15-9-2-1-3-11(6-9)18-14-8-17-13-5-4-10(16)7-12(13)14/h1-8,17H. The first-order valence-corrected chi connectivity index (χ1v) is 7.01. The minimum atomic E-state index is 0.810. The molecule has 0 aliphatic heterocycles. The smallest absolute Gasteiger partial charge is 0.152 e. The van der Waals surface area contributed by atoms with E-state index < -0.39 is 0 Å². The van der Waals surface area contributed by atoms with E-state index >= 15 is 0 Å². The minimum Gasteiger partial charge on any atom is -0.455 e. The number of aromatic nitrogens is 1. The van der Waals surface area contributed by atoms with Gasteiger partial charge in [0, 0.05) is 26.0 Å². The van der Waals surface area contributed by atoms with Crippen LogP contribution in [-0.2, 0) is 0 Å². The molecule has 1 N–H and O–H groups in total. The fraction of sp³-hybridized carbons (Fsp3) is 0. The highest BCUT2D eigenvalue weighted by Gasteiger charge is 2.06. The second kappa shape index (κ2) is 4.78. The Labute approximate surface area is 121 Å². The largest absolute Gasteiger partial charge is 0.455 e. The Kier molecular flexibility index (Phi) is 3.14. The molecule has 0 radical (unpaired) electrons. The Hall–Kier alpha value is -1.26. The maximum atomic E-state index is 5.89. The number of hydrogen-bond donors (Lipinski definition) is 1. The summed E-state index contributed by atoms with van der Waals surface area (Å²) in [6.45, 7) is 0. The van der Waals surface area contributed by atoms with E-state index in [1.165, 1.54) is 0 Å². The van der Waals surface area contributed by atoms with Crippen molar-refractivity contribution < 1.29 is 4.74 Å². The molecule has 0 unspecified atom stereocenters. The van der Waals surface area contributed by atoms with E-state index in [-0.39, 0.29) is 0 Å². The third-order valence-corrected chi connectivity index (χ3v) is 3.62. The van der Waals surface area contributed by atoms with Crippen LogP contribution in [0.3, 0.4) is 0 Å². The summed E-state index contributed by atoms with van der Waals surface area (Å²) in [7, 11) is 0. The number of rotatable bonds is 2. The SMILES string of the molecule is Brc1cccc(Oc2c[nH]c3ccc(Br)cc23)c1. The van der Waals surface area contributed by atoms with Gasteiger partial charge in [-0.2, -0.15) is 0 Å². The summed E-state index contributed by atoms with van der Waals surface area (Å²) in [6.07, 6.45) is 1.87. The van der Waals surface area contributed by atoms with Crippen molar-refractivity contribution in [2.75, 3.05) is 0 Å². The van der Waals surface area contributed by atoms with Crippen LogP contribution < -0.4 is 4.74 Å². The number of benzene rings is 2. The van der Waals surface area contributed by atoms with Gasteiger partial charge in [-0.25, -0.2) is 0 Å². The maximum Gasteiger partial charge on any atom is 0.152 e. The molecule has 0 aliphatic carbocycles. The monoisotopic (exact) mass is 365 g/mol. The molecule has 0 saturated carbocycles. The summed E-state index contributed by atoms with van der Waals surface area (Å²) in [5.74, 6) is 1.63. The van der Waals surface area contributed by atoms with Gasteiger partial charge in [-0.3, -0.25) is 0 Å². The number of nitrogens with one attached hydrogen (secondary N) is 1. The molecule has 3 aromatic rings. The van der Waals surface area contributed by atoms with E-state index in [4.69, 9.17) is 4.74 Å². The Morgan fingerprint density at radius 3 is 2.61 bits per heavy atom. The Bertz CT molecular complexity index is 706. The van der Waals surface area contributed by atoms with Gasteiger partial charge in [0.1, 0.15) is 5.75 Å². The molecule has 0 spiro atoms. The number of fused-ring (bicyclic) bond motifs is 1. The molecule has 0 saturated heterocycles. The molecule has 0 fully saturated rings. The summed E-state index contributed by atoms with van der Waals surface area (Å²) >= 11 is 6.90. The van der Waals surface area contributed by atoms with Crippen molar-refractivity contribution >= 4 is 42.8 Å². The van der Waals surface area contributed by atoms with Crippen molar-refractivity contribution in [3.63, 3.8) is 0 Å². The van der Waals surface area contributed by atoms with Gasteiger partial charge in [-0.1, -0.05) is 37.9 Å². The highest BCUT2D eigenvalue weighted by atomic mass is 79.9. The zero-order chi connectivity index (χ0) is 12.5. The fourth-order valence-electron chi connectivity index (χ4n) is 1.81. The minimum absolute atomic E-state index is 0.810. The molecule has 0 aliphatic rings. The molecule has 18 heavy (non-hydrogen) atoms. The van der Waals surface area contributed by atoms with Crippen LogP contribution in [0.25, 0.3) is 10.9 Å².